The topological polar surface area (TPSA) is 104 Å². The number of nitrogens with one attached hydrogen (secondary N) is 1. The van der Waals surface area contributed by atoms with E-state index in [1.807, 2.05) is 36.4 Å². The second kappa shape index (κ2) is 8.61. The summed E-state index contributed by atoms with van der Waals surface area (Å²) in [5.74, 6) is 1.23. The van der Waals surface area contributed by atoms with E-state index in [-0.39, 0.29) is 11.9 Å². The van der Waals surface area contributed by atoms with Gasteiger partial charge in [0.1, 0.15) is 16.9 Å². The molecule has 2 aromatic heterocycles. The van der Waals surface area contributed by atoms with Gasteiger partial charge < -0.3 is 20.5 Å². The van der Waals surface area contributed by atoms with Crippen molar-refractivity contribution in [2.75, 3.05) is 20.0 Å². The van der Waals surface area contributed by atoms with Crippen molar-refractivity contribution in [1.29, 1.82) is 0 Å². The predicted molar refractivity (Wildman–Crippen MR) is 128 cm³/mol. The number of ether oxygens (including phenoxy) is 2. The average Bonchev–Trinajstić information content (AvgIpc) is 3.13. The summed E-state index contributed by atoms with van der Waals surface area (Å²) in [7, 11) is 3.16. The van der Waals surface area contributed by atoms with Crippen molar-refractivity contribution in [2.24, 2.45) is 0 Å². The van der Waals surface area contributed by atoms with Gasteiger partial charge in [0.15, 0.2) is 17.1 Å². The molecule has 1 aliphatic carbocycles. The summed E-state index contributed by atoms with van der Waals surface area (Å²) in [5, 5.41) is 3.18. The van der Waals surface area contributed by atoms with Crippen molar-refractivity contribution in [3.63, 3.8) is 0 Å². The minimum Gasteiger partial charge on any atom is -0.493 e. The molecule has 2 heterocycles. The summed E-state index contributed by atoms with van der Waals surface area (Å²) in [6, 6.07) is 13.2. The number of carbonyl (C=O) groups excluding carboxylic acids is 1. The number of nitrogens with two attached hydrogens (primary N) is 1. The third-order valence-corrected chi connectivity index (χ3v) is 6.29. The van der Waals surface area contributed by atoms with Crippen molar-refractivity contribution in [3.05, 3.63) is 48.0 Å². The maximum Gasteiger partial charge on any atom is 0.257 e. The van der Waals surface area contributed by atoms with Crippen LogP contribution < -0.4 is 20.5 Å². The summed E-state index contributed by atoms with van der Waals surface area (Å²) in [4.78, 5) is 23.1. The molecular formula is C25H27N5O3. The molecule has 0 radical (unpaired) electrons. The van der Waals surface area contributed by atoms with Gasteiger partial charge in [0, 0.05) is 12.1 Å². The Labute approximate surface area is 191 Å². The van der Waals surface area contributed by atoms with Gasteiger partial charge in [0.25, 0.3) is 5.91 Å². The van der Waals surface area contributed by atoms with Crippen LogP contribution in [0.25, 0.3) is 27.9 Å². The van der Waals surface area contributed by atoms with Crippen LogP contribution in [0.2, 0.25) is 0 Å². The van der Waals surface area contributed by atoms with Crippen molar-refractivity contribution in [1.82, 2.24) is 19.9 Å². The zero-order chi connectivity index (χ0) is 22.9. The molecule has 1 saturated carbocycles. The monoisotopic (exact) mass is 445 g/mol. The van der Waals surface area contributed by atoms with Gasteiger partial charge in [-0.2, -0.15) is 0 Å². The van der Waals surface area contributed by atoms with Crippen molar-refractivity contribution < 1.29 is 14.3 Å². The number of nitrogen functional groups attached to an aromatic ring is 1. The van der Waals surface area contributed by atoms with E-state index in [0.29, 0.717) is 45.2 Å². The van der Waals surface area contributed by atoms with Crippen molar-refractivity contribution in [3.8, 4) is 17.2 Å². The quantitative estimate of drug-likeness (QED) is 0.476. The Kier molecular flexibility index (Phi) is 5.50. The zero-order valence-electron chi connectivity index (χ0n) is 18.8. The summed E-state index contributed by atoms with van der Waals surface area (Å²) in [6.45, 7) is 0. The number of methoxy groups -OCH3 is 2. The normalized spacial score (nSPS) is 14.5. The standard InChI is InChI=1S/C25H27N5O3/c1-32-19-13-12-16(14-20(19)33-2)30-23(26)21(25(31)27-15-8-4-3-5-9-15)22-24(30)29-18-11-7-6-10-17(18)28-22/h6-7,10-15H,3-5,8-9,26H2,1-2H3,(H,27,31). The van der Waals surface area contributed by atoms with E-state index in [9.17, 15) is 4.79 Å². The Morgan fingerprint density at radius 1 is 1.00 bits per heavy atom. The number of hydrogen-bond acceptors (Lipinski definition) is 6. The van der Waals surface area contributed by atoms with Gasteiger partial charge in [0.2, 0.25) is 0 Å². The SMILES string of the molecule is COc1ccc(-n2c(N)c(C(=O)NC3CCCCC3)c3nc4ccccc4nc32)cc1OC. The molecule has 2 aromatic carbocycles. The maximum atomic E-state index is 13.4. The number of hydrogen-bond donors (Lipinski definition) is 2. The van der Waals surface area contributed by atoms with Gasteiger partial charge in [-0.1, -0.05) is 31.4 Å². The fraction of sp³-hybridized carbons (Fsp3) is 0.320. The van der Waals surface area contributed by atoms with E-state index in [2.05, 4.69) is 5.32 Å². The van der Waals surface area contributed by atoms with Crippen LogP contribution in [0, 0.1) is 0 Å². The molecule has 5 rings (SSSR count). The number of carbonyl (C=O) groups is 1. The van der Waals surface area contributed by atoms with Crippen LogP contribution in [0.1, 0.15) is 42.5 Å². The van der Waals surface area contributed by atoms with Crippen LogP contribution in [-0.4, -0.2) is 40.7 Å². The first kappa shape index (κ1) is 21.1. The number of fused-ring (bicyclic) bond motifs is 2. The Morgan fingerprint density at radius 3 is 2.39 bits per heavy atom. The lowest BCUT2D eigenvalue weighted by Gasteiger charge is -2.22. The molecule has 1 amide bonds. The van der Waals surface area contributed by atoms with Crippen LogP contribution >= 0.6 is 0 Å². The lowest BCUT2D eigenvalue weighted by molar-refractivity contribution is 0.0930. The number of rotatable bonds is 5. The summed E-state index contributed by atoms with van der Waals surface area (Å²) in [5.41, 5.74) is 10.1. The first-order valence-electron chi connectivity index (χ1n) is 11.2. The maximum absolute atomic E-state index is 13.4. The fourth-order valence-corrected chi connectivity index (χ4v) is 4.62. The molecule has 0 unspecified atom stereocenters. The highest BCUT2D eigenvalue weighted by molar-refractivity contribution is 6.11. The molecule has 3 N–H and O–H groups in total. The van der Waals surface area contributed by atoms with Crippen molar-refractivity contribution in [2.45, 2.75) is 38.1 Å². The Bertz CT molecular complexity index is 1340. The summed E-state index contributed by atoms with van der Waals surface area (Å²) in [6.07, 6.45) is 5.42. The molecule has 170 valence electrons. The summed E-state index contributed by atoms with van der Waals surface area (Å²) < 4.78 is 12.6. The number of amides is 1. The highest BCUT2D eigenvalue weighted by Gasteiger charge is 2.27. The highest BCUT2D eigenvalue weighted by Crippen LogP contribution is 2.35. The van der Waals surface area contributed by atoms with Gasteiger partial charge in [0.05, 0.1) is 30.9 Å². The lowest BCUT2D eigenvalue weighted by atomic mass is 9.95. The molecule has 8 heteroatoms. The van der Waals surface area contributed by atoms with Gasteiger partial charge in [-0.15, -0.1) is 0 Å². The van der Waals surface area contributed by atoms with E-state index in [1.54, 1.807) is 24.9 Å². The highest BCUT2D eigenvalue weighted by atomic mass is 16.5. The molecule has 4 aromatic rings. The van der Waals surface area contributed by atoms with Crippen LogP contribution in [0.15, 0.2) is 42.5 Å². The minimum atomic E-state index is -0.215. The third kappa shape index (κ3) is 3.71. The average molecular weight is 446 g/mol. The van der Waals surface area contributed by atoms with Crippen LogP contribution in [-0.2, 0) is 0 Å². The van der Waals surface area contributed by atoms with Crippen LogP contribution in [0.4, 0.5) is 5.82 Å². The molecule has 0 spiro atoms. The van der Waals surface area contributed by atoms with E-state index >= 15 is 0 Å². The number of para-hydroxylation sites is 2. The van der Waals surface area contributed by atoms with E-state index < -0.39 is 0 Å². The molecule has 0 atom stereocenters. The number of aromatic nitrogens is 3. The molecule has 0 aliphatic heterocycles. The fourth-order valence-electron chi connectivity index (χ4n) is 4.62. The third-order valence-electron chi connectivity index (χ3n) is 6.29. The first-order chi connectivity index (χ1) is 16.1. The second-order valence-corrected chi connectivity index (χ2v) is 8.33. The molecule has 1 aliphatic rings. The van der Waals surface area contributed by atoms with Gasteiger partial charge in [-0.3, -0.25) is 9.36 Å². The number of benzene rings is 2. The molecule has 33 heavy (non-hydrogen) atoms. The number of nitrogens with zero attached hydrogens (tertiary/aromatic N) is 3. The number of anilines is 1. The Morgan fingerprint density at radius 2 is 1.70 bits per heavy atom. The molecule has 0 bridgehead atoms. The van der Waals surface area contributed by atoms with Gasteiger partial charge >= 0.3 is 0 Å². The first-order valence-corrected chi connectivity index (χ1v) is 11.2. The Balaban J connectivity index is 1.71. The van der Waals surface area contributed by atoms with Crippen LogP contribution in [0.3, 0.4) is 0 Å². The van der Waals surface area contributed by atoms with E-state index in [1.165, 1.54) is 6.42 Å². The smallest absolute Gasteiger partial charge is 0.257 e. The molecule has 8 nitrogen and oxygen atoms in total. The van der Waals surface area contributed by atoms with Crippen molar-refractivity contribution >= 4 is 33.9 Å². The second-order valence-electron chi connectivity index (χ2n) is 8.33. The molecule has 0 saturated heterocycles. The largest absolute Gasteiger partial charge is 0.493 e. The minimum absolute atomic E-state index is 0.151. The Hall–Kier alpha value is -3.81. The van der Waals surface area contributed by atoms with Crippen LogP contribution in [0.5, 0.6) is 11.5 Å². The molecule has 1 fully saturated rings. The van der Waals surface area contributed by atoms with Gasteiger partial charge in [-0.25, -0.2) is 9.97 Å². The van der Waals surface area contributed by atoms with E-state index in [4.69, 9.17) is 25.2 Å². The lowest BCUT2D eigenvalue weighted by Crippen LogP contribution is -2.36. The summed E-state index contributed by atoms with van der Waals surface area (Å²) >= 11 is 0. The molecular weight excluding hydrogens is 418 g/mol. The zero-order valence-corrected chi connectivity index (χ0v) is 18.8. The predicted octanol–water partition coefficient (Wildman–Crippen LogP) is 4.24. The van der Waals surface area contributed by atoms with E-state index in [0.717, 1.165) is 31.2 Å². The van der Waals surface area contributed by atoms with Gasteiger partial charge in [-0.05, 0) is 37.1 Å².